The molecule has 9 heteroatoms. The number of nitrogen functional groups attached to an aromatic ring is 1. The molecule has 0 amide bonds. The zero-order valence-electron chi connectivity index (χ0n) is 10.1. The number of hydrogen-bond donors (Lipinski definition) is 2. The average Bonchev–Trinajstić information content (AvgIpc) is 2.36. The molecule has 1 aromatic heterocycles. The van der Waals surface area contributed by atoms with Gasteiger partial charge < -0.3 is 10.8 Å². The predicted octanol–water partition coefficient (Wildman–Crippen LogP) is 2.58. The van der Waals surface area contributed by atoms with Gasteiger partial charge in [0.1, 0.15) is 17.2 Å². The molecule has 0 saturated carbocycles. The molecule has 0 fully saturated rings. The quantitative estimate of drug-likeness (QED) is 0.832. The highest BCUT2D eigenvalue weighted by Gasteiger charge is 2.34. The van der Waals surface area contributed by atoms with Crippen molar-refractivity contribution in [2.75, 3.05) is 5.73 Å². The van der Waals surface area contributed by atoms with Gasteiger partial charge in [0.15, 0.2) is 5.82 Å². The normalized spacial score (nSPS) is 11.4. The monoisotopic (exact) mass is 301 g/mol. The molecule has 21 heavy (non-hydrogen) atoms. The zero-order chi connectivity index (χ0) is 15.8. The third kappa shape index (κ3) is 2.91. The molecule has 0 spiro atoms. The minimum atomic E-state index is -4.74. The van der Waals surface area contributed by atoms with Gasteiger partial charge in [0.25, 0.3) is 0 Å². The average molecular weight is 301 g/mol. The number of aromatic carboxylic acids is 1. The lowest BCUT2D eigenvalue weighted by Crippen LogP contribution is -2.11. The lowest BCUT2D eigenvalue weighted by Gasteiger charge is -2.12. The molecule has 2 rings (SSSR count). The number of hydrogen-bond acceptors (Lipinski definition) is 4. The van der Waals surface area contributed by atoms with E-state index in [0.717, 1.165) is 6.20 Å². The van der Waals surface area contributed by atoms with Crippen molar-refractivity contribution in [3.8, 4) is 11.4 Å². The van der Waals surface area contributed by atoms with E-state index in [0.29, 0.717) is 18.2 Å². The molecule has 0 saturated heterocycles. The number of alkyl halides is 3. The van der Waals surface area contributed by atoms with Crippen molar-refractivity contribution in [3.63, 3.8) is 0 Å². The maximum absolute atomic E-state index is 13.2. The molecular weight excluding hydrogens is 294 g/mol. The van der Waals surface area contributed by atoms with Crippen LogP contribution in [0.5, 0.6) is 0 Å². The van der Waals surface area contributed by atoms with Crippen LogP contribution in [0.3, 0.4) is 0 Å². The van der Waals surface area contributed by atoms with Gasteiger partial charge in [0.2, 0.25) is 0 Å². The lowest BCUT2D eigenvalue weighted by molar-refractivity contribution is -0.137. The molecular formula is C12H7F4N3O2. The Morgan fingerprint density at radius 2 is 1.95 bits per heavy atom. The third-order valence-electron chi connectivity index (χ3n) is 2.58. The Labute approximate surface area is 115 Å². The second-order valence-electron chi connectivity index (χ2n) is 3.99. The van der Waals surface area contributed by atoms with Crippen LogP contribution in [0.15, 0.2) is 24.4 Å². The Hall–Kier alpha value is -2.71. The van der Waals surface area contributed by atoms with Crippen LogP contribution in [0.1, 0.15) is 15.9 Å². The van der Waals surface area contributed by atoms with Crippen molar-refractivity contribution in [2.45, 2.75) is 6.18 Å². The Bertz CT molecular complexity index is 716. The van der Waals surface area contributed by atoms with E-state index in [4.69, 9.17) is 10.8 Å². The van der Waals surface area contributed by atoms with Gasteiger partial charge in [-0.25, -0.2) is 19.2 Å². The largest absolute Gasteiger partial charge is 0.477 e. The molecule has 0 atom stereocenters. The van der Waals surface area contributed by atoms with Crippen LogP contribution < -0.4 is 5.73 Å². The first-order valence-electron chi connectivity index (χ1n) is 5.43. The summed E-state index contributed by atoms with van der Waals surface area (Å²) in [5, 5.41) is 8.76. The highest BCUT2D eigenvalue weighted by Crippen LogP contribution is 2.36. The standard InChI is InChI=1S/C12H7F4N3O2/c13-5-1-2-8(12(14,15)16)6(3-5)10-18-4-7(11(20)21)9(17)19-10/h1-4H,(H,20,21)(H2,17,18,19). The van der Waals surface area contributed by atoms with Gasteiger partial charge in [0.05, 0.1) is 5.56 Å². The molecule has 110 valence electrons. The van der Waals surface area contributed by atoms with Gasteiger partial charge in [-0.3, -0.25) is 0 Å². The number of halogens is 4. The number of carboxylic acid groups (broad SMARTS) is 1. The topological polar surface area (TPSA) is 89.1 Å². The number of benzene rings is 1. The number of nitrogens with two attached hydrogens (primary N) is 1. The van der Waals surface area contributed by atoms with E-state index >= 15 is 0 Å². The maximum Gasteiger partial charge on any atom is 0.417 e. The summed E-state index contributed by atoms with van der Waals surface area (Å²) in [6, 6.07) is 1.81. The molecule has 0 aliphatic carbocycles. The van der Waals surface area contributed by atoms with E-state index in [1.165, 1.54) is 0 Å². The van der Waals surface area contributed by atoms with Gasteiger partial charge in [0, 0.05) is 11.8 Å². The van der Waals surface area contributed by atoms with Crippen LogP contribution in [0, 0.1) is 5.82 Å². The molecule has 1 heterocycles. The molecule has 1 aromatic carbocycles. The summed E-state index contributed by atoms with van der Waals surface area (Å²) in [5.41, 5.74) is 3.13. The van der Waals surface area contributed by atoms with Gasteiger partial charge >= 0.3 is 12.1 Å². The fourth-order valence-electron chi connectivity index (χ4n) is 1.64. The molecule has 0 aliphatic rings. The summed E-state index contributed by atoms with van der Waals surface area (Å²) in [7, 11) is 0. The SMILES string of the molecule is Nc1nc(-c2cc(F)ccc2C(F)(F)F)ncc1C(=O)O. The van der Waals surface area contributed by atoms with Crippen LogP contribution >= 0.6 is 0 Å². The Balaban J connectivity index is 2.64. The summed E-state index contributed by atoms with van der Waals surface area (Å²) >= 11 is 0. The van der Waals surface area contributed by atoms with Crippen LogP contribution in [0.2, 0.25) is 0 Å². The molecule has 0 bridgehead atoms. The van der Waals surface area contributed by atoms with Gasteiger partial charge in [-0.05, 0) is 18.2 Å². The highest BCUT2D eigenvalue weighted by molar-refractivity contribution is 5.92. The highest BCUT2D eigenvalue weighted by atomic mass is 19.4. The Kier molecular flexibility index (Phi) is 3.50. The van der Waals surface area contributed by atoms with Crippen LogP contribution in [-0.4, -0.2) is 21.0 Å². The van der Waals surface area contributed by atoms with Crippen LogP contribution in [0.4, 0.5) is 23.4 Å². The summed E-state index contributed by atoms with van der Waals surface area (Å²) in [4.78, 5) is 17.8. The van der Waals surface area contributed by atoms with Crippen molar-refractivity contribution >= 4 is 11.8 Å². The minimum Gasteiger partial charge on any atom is -0.477 e. The van der Waals surface area contributed by atoms with E-state index in [2.05, 4.69) is 9.97 Å². The second kappa shape index (κ2) is 5.00. The van der Waals surface area contributed by atoms with Gasteiger partial charge in [-0.15, -0.1) is 0 Å². The first kappa shape index (κ1) is 14.7. The zero-order valence-corrected chi connectivity index (χ0v) is 10.1. The van der Waals surface area contributed by atoms with E-state index in [1.807, 2.05) is 0 Å². The van der Waals surface area contributed by atoms with E-state index in [-0.39, 0.29) is 0 Å². The molecule has 0 radical (unpaired) electrons. The van der Waals surface area contributed by atoms with E-state index in [1.54, 1.807) is 0 Å². The second-order valence-corrected chi connectivity index (χ2v) is 3.99. The molecule has 2 aromatic rings. The Morgan fingerprint density at radius 3 is 2.48 bits per heavy atom. The smallest absolute Gasteiger partial charge is 0.417 e. The van der Waals surface area contributed by atoms with Crippen molar-refractivity contribution in [2.24, 2.45) is 0 Å². The number of carbonyl (C=O) groups is 1. The van der Waals surface area contributed by atoms with E-state index < -0.39 is 46.3 Å². The number of rotatable bonds is 2. The minimum absolute atomic E-state index is 0.455. The van der Waals surface area contributed by atoms with Crippen molar-refractivity contribution in [1.82, 2.24) is 9.97 Å². The van der Waals surface area contributed by atoms with Crippen molar-refractivity contribution < 1.29 is 27.5 Å². The third-order valence-corrected chi connectivity index (χ3v) is 2.58. The number of aromatic nitrogens is 2. The fraction of sp³-hybridized carbons (Fsp3) is 0.0833. The summed E-state index contributed by atoms with van der Waals surface area (Å²) < 4.78 is 51.8. The number of carboxylic acids is 1. The molecule has 0 unspecified atom stereocenters. The number of anilines is 1. The predicted molar refractivity (Wildman–Crippen MR) is 63.8 cm³/mol. The molecule has 0 aliphatic heterocycles. The van der Waals surface area contributed by atoms with Crippen molar-refractivity contribution in [3.05, 3.63) is 41.3 Å². The molecule has 3 N–H and O–H groups in total. The first-order chi connectivity index (χ1) is 9.70. The van der Waals surface area contributed by atoms with Gasteiger partial charge in [-0.2, -0.15) is 13.2 Å². The lowest BCUT2D eigenvalue weighted by atomic mass is 10.1. The van der Waals surface area contributed by atoms with E-state index in [9.17, 15) is 22.4 Å². The summed E-state index contributed by atoms with van der Waals surface area (Å²) in [6.07, 6.45) is -3.97. The summed E-state index contributed by atoms with van der Waals surface area (Å²) in [6.45, 7) is 0. The molecule has 5 nitrogen and oxygen atoms in total. The number of nitrogens with zero attached hydrogens (tertiary/aromatic N) is 2. The van der Waals surface area contributed by atoms with Gasteiger partial charge in [-0.1, -0.05) is 0 Å². The van der Waals surface area contributed by atoms with Crippen molar-refractivity contribution in [1.29, 1.82) is 0 Å². The van der Waals surface area contributed by atoms with Crippen LogP contribution in [-0.2, 0) is 6.18 Å². The van der Waals surface area contributed by atoms with Crippen LogP contribution in [0.25, 0.3) is 11.4 Å². The first-order valence-corrected chi connectivity index (χ1v) is 5.43. The Morgan fingerprint density at radius 1 is 1.29 bits per heavy atom. The maximum atomic E-state index is 13.2. The fourth-order valence-corrected chi connectivity index (χ4v) is 1.64. The summed E-state index contributed by atoms with van der Waals surface area (Å²) in [5.74, 6) is -3.36.